The molecule has 0 N–H and O–H groups in total. The van der Waals surface area contributed by atoms with E-state index in [9.17, 15) is 0 Å². The van der Waals surface area contributed by atoms with Crippen molar-refractivity contribution in [1.29, 1.82) is 0 Å². The molecule has 3 rings (SSSR count). The first-order chi connectivity index (χ1) is 10.8. The number of unbranched alkanes of at least 4 members (excludes halogenated alkanes) is 1. The quantitative estimate of drug-likeness (QED) is 0.727. The van der Waals surface area contributed by atoms with Crippen LogP contribution in [-0.4, -0.2) is 66.6 Å². The van der Waals surface area contributed by atoms with E-state index in [-0.39, 0.29) is 0 Å². The van der Waals surface area contributed by atoms with Crippen molar-refractivity contribution in [1.82, 2.24) is 20.1 Å². The highest BCUT2D eigenvalue weighted by atomic mass is 16.6. The first-order valence-electron chi connectivity index (χ1n) is 8.02. The number of hydrogen-bond donors (Lipinski definition) is 0. The molecule has 2 aromatic rings. The second-order valence-corrected chi connectivity index (χ2v) is 5.95. The second kappa shape index (κ2) is 7.67. The van der Waals surface area contributed by atoms with Crippen LogP contribution in [0.5, 0.6) is 0 Å². The molecule has 2 heterocycles. The highest BCUT2D eigenvalue weighted by Gasteiger charge is 2.11. The van der Waals surface area contributed by atoms with Gasteiger partial charge in [-0.25, -0.2) is 4.63 Å². The van der Waals surface area contributed by atoms with E-state index in [1.807, 2.05) is 12.1 Å². The standard InChI is InChI=1S/C16H24N4O2/c1-19(7-2-3-8-20-9-11-21-12-10-20)13-14-5-4-6-15-16(14)18-22-17-15/h4-6H,2-3,7-13H2,1H3. The Balaban J connectivity index is 1.40. The van der Waals surface area contributed by atoms with Crippen LogP contribution >= 0.6 is 0 Å². The minimum absolute atomic E-state index is 0.832. The molecule has 0 amide bonds. The van der Waals surface area contributed by atoms with Crippen LogP contribution in [0.1, 0.15) is 18.4 Å². The van der Waals surface area contributed by atoms with Crippen molar-refractivity contribution in [3.05, 3.63) is 23.8 Å². The summed E-state index contributed by atoms with van der Waals surface area (Å²) in [5.41, 5.74) is 2.88. The first-order valence-corrected chi connectivity index (χ1v) is 8.02. The number of fused-ring (bicyclic) bond motifs is 1. The second-order valence-electron chi connectivity index (χ2n) is 5.95. The van der Waals surface area contributed by atoms with Gasteiger partial charge in [0.15, 0.2) is 0 Å². The Morgan fingerprint density at radius 2 is 2.05 bits per heavy atom. The maximum Gasteiger partial charge on any atom is 0.139 e. The van der Waals surface area contributed by atoms with Crippen molar-refractivity contribution in [2.75, 3.05) is 46.4 Å². The average molecular weight is 304 g/mol. The summed E-state index contributed by atoms with van der Waals surface area (Å²) in [5, 5.41) is 7.89. The van der Waals surface area contributed by atoms with E-state index in [1.54, 1.807) is 0 Å². The van der Waals surface area contributed by atoms with E-state index in [1.165, 1.54) is 24.9 Å². The van der Waals surface area contributed by atoms with Crippen molar-refractivity contribution < 1.29 is 9.37 Å². The predicted molar refractivity (Wildman–Crippen MR) is 84.6 cm³/mol. The Labute approximate surface area is 131 Å². The Hall–Kier alpha value is -1.50. The lowest BCUT2D eigenvalue weighted by Gasteiger charge is -2.26. The van der Waals surface area contributed by atoms with Gasteiger partial charge in [-0.3, -0.25) is 4.90 Å². The zero-order chi connectivity index (χ0) is 15.2. The Kier molecular flexibility index (Phi) is 5.37. The largest absolute Gasteiger partial charge is 0.379 e. The van der Waals surface area contributed by atoms with Crippen LogP contribution in [0.4, 0.5) is 0 Å². The van der Waals surface area contributed by atoms with Gasteiger partial charge in [-0.2, -0.15) is 0 Å². The minimum atomic E-state index is 0.832. The van der Waals surface area contributed by atoms with E-state index < -0.39 is 0 Å². The van der Waals surface area contributed by atoms with Gasteiger partial charge in [0.05, 0.1) is 13.2 Å². The van der Waals surface area contributed by atoms with Gasteiger partial charge >= 0.3 is 0 Å². The van der Waals surface area contributed by atoms with Gasteiger partial charge in [0.25, 0.3) is 0 Å². The smallest absolute Gasteiger partial charge is 0.139 e. The molecule has 1 aromatic heterocycles. The molecule has 1 saturated heterocycles. The fraction of sp³-hybridized carbons (Fsp3) is 0.625. The number of benzene rings is 1. The molecule has 0 radical (unpaired) electrons. The van der Waals surface area contributed by atoms with Gasteiger partial charge < -0.3 is 9.64 Å². The molecule has 1 aliphatic heterocycles. The van der Waals surface area contributed by atoms with Crippen molar-refractivity contribution in [2.45, 2.75) is 19.4 Å². The summed E-state index contributed by atoms with van der Waals surface area (Å²) in [5.74, 6) is 0. The van der Waals surface area contributed by atoms with Gasteiger partial charge in [-0.1, -0.05) is 12.1 Å². The van der Waals surface area contributed by atoms with Crippen molar-refractivity contribution in [3.8, 4) is 0 Å². The Bertz CT molecular complexity index is 580. The number of rotatable bonds is 7. The van der Waals surface area contributed by atoms with Crippen molar-refractivity contribution >= 4 is 11.0 Å². The van der Waals surface area contributed by atoms with E-state index in [4.69, 9.17) is 9.37 Å². The van der Waals surface area contributed by atoms with Crippen molar-refractivity contribution in [2.24, 2.45) is 0 Å². The number of nitrogens with zero attached hydrogens (tertiary/aromatic N) is 4. The van der Waals surface area contributed by atoms with Gasteiger partial charge in [-0.05, 0) is 54.9 Å². The summed E-state index contributed by atoms with van der Waals surface area (Å²) < 4.78 is 10.2. The number of aromatic nitrogens is 2. The molecule has 0 spiro atoms. The lowest BCUT2D eigenvalue weighted by atomic mass is 10.1. The summed E-state index contributed by atoms with van der Waals surface area (Å²) in [7, 11) is 2.15. The zero-order valence-corrected chi connectivity index (χ0v) is 13.2. The van der Waals surface area contributed by atoms with Crippen LogP contribution < -0.4 is 0 Å². The third-order valence-electron chi connectivity index (χ3n) is 4.18. The van der Waals surface area contributed by atoms with Crippen LogP contribution in [-0.2, 0) is 11.3 Å². The fourth-order valence-electron chi connectivity index (χ4n) is 2.90. The third-order valence-corrected chi connectivity index (χ3v) is 4.18. The summed E-state index contributed by atoms with van der Waals surface area (Å²) in [4.78, 5) is 4.83. The lowest BCUT2D eigenvalue weighted by Crippen LogP contribution is -2.37. The maximum absolute atomic E-state index is 5.37. The lowest BCUT2D eigenvalue weighted by molar-refractivity contribution is 0.0369. The Morgan fingerprint density at radius 3 is 2.91 bits per heavy atom. The topological polar surface area (TPSA) is 54.6 Å². The Morgan fingerprint density at radius 1 is 1.18 bits per heavy atom. The van der Waals surface area contributed by atoms with Gasteiger partial charge in [0.1, 0.15) is 11.0 Å². The summed E-state index contributed by atoms with van der Waals surface area (Å²) in [6, 6.07) is 6.03. The van der Waals surface area contributed by atoms with Crippen LogP contribution in [0.3, 0.4) is 0 Å². The highest BCUT2D eigenvalue weighted by Crippen LogP contribution is 2.16. The molecule has 120 valence electrons. The van der Waals surface area contributed by atoms with Gasteiger partial charge in [0, 0.05) is 19.6 Å². The molecule has 6 nitrogen and oxygen atoms in total. The SMILES string of the molecule is CN(CCCCN1CCOCC1)Cc1cccc2nonc12. The van der Waals surface area contributed by atoms with E-state index in [0.29, 0.717) is 0 Å². The first kappa shape index (κ1) is 15.4. The molecule has 0 atom stereocenters. The predicted octanol–water partition coefficient (Wildman–Crippen LogP) is 1.77. The van der Waals surface area contributed by atoms with Gasteiger partial charge in [-0.15, -0.1) is 0 Å². The molecule has 0 saturated carbocycles. The van der Waals surface area contributed by atoms with E-state index >= 15 is 0 Å². The highest BCUT2D eigenvalue weighted by molar-refractivity contribution is 5.76. The normalized spacial score (nSPS) is 16.6. The molecule has 0 unspecified atom stereocenters. The molecule has 22 heavy (non-hydrogen) atoms. The average Bonchev–Trinajstić information content (AvgIpc) is 3.02. The van der Waals surface area contributed by atoms with E-state index in [0.717, 1.165) is 50.4 Å². The molecular weight excluding hydrogens is 280 g/mol. The zero-order valence-electron chi connectivity index (χ0n) is 13.2. The molecule has 1 aliphatic rings. The maximum atomic E-state index is 5.37. The van der Waals surface area contributed by atoms with Crippen LogP contribution in [0.2, 0.25) is 0 Å². The summed E-state index contributed by atoms with van der Waals surface area (Å²) in [6.07, 6.45) is 2.45. The number of morpholine rings is 1. The number of ether oxygens (including phenoxy) is 1. The van der Waals surface area contributed by atoms with Crippen LogP contribution in [0.15, 0.2) is 22.8 Å². The molecule has 0 aliphatic carbocycles. The summed E-state index contributed by atoms with van der Waals surface area (Å²) >= 11 is 0. The minimum Gasteiger partial charge on any atom is -0.379 e. The monoisotopic (exact) mass is 304 g/mol. The van der Waals surface area contributed by atoms with Crippen LogP contribution in [0.25, 0.3) is 11.0 Å². The molecule has 1 aromatic carbocycles. The van der Waals surface area contributed by atoms with Crippen LogP contribution in [0, 0.1) is 0 Å². The summed E-state index contributed by atoms with van der Waals surface area (Å²) in [6.45, 7) is 7.08. The van der Waals surface area contributed by atoms with Crippen molar-refractivity contribution in [3.63, 3.8) is 0 Å². The van der Waals surface area contributed by atoms with E-state index in [2.05, 4.69) is 33.2 Å². The number of hydrogen-bond acceptors (Lipinski definition) is 6. The third kappa shape index (κ3) is 4.03. The molecule has 1 fully saturated rings. The molecular formula is C16H24N4O2. The van der Waals surface area contributed by atoms with Gasteiger partial charge in [0.2, 0.25) is 0 Å². The molecule has 0 bridgehead atoms. The molecule has 6 heteroatoms. The fourth-order valence-corrected chi connectivity index (χ4v) is 2.90.